The minimum absolute atomic E-state index is 0.0511. The van der Waals surface area contributed by atoms with Gasteiger partial charge in [0, 0.05) is 0 Å². The van der Waals surface area contributed by atoms with Crippen LogP contribution in [0.3, 0.4) is 0 Å². The third-order valence-corrected chi connectivity index (χ3v) is 3.81. The highest BCUT2D eigenvalue weighted by atomic mass is 32.2. The summed E-state index contributed by atoms with van der Waals surface area (Å²) in [5, 5.41) is 3.63. The number of rotatable bonds is 7. The van der Waals surface area contributed by atoms with Gasteiger partial charge in [-0.05, 0) is 45.8 Å². The van der Waals surface area contributed by atoms with Gasteiger partial charge >= 0.3 is 6.09 Å². The van der Waals surface area contributed by atoms with Crippen molar-refractivity contribution in [3.8, 4) is 0 Å². The summed E-state index contributed by atoms with van der Waals surface area (Å²) in [7, 11) is -3.76. The largest absolute Gasteiger partial charge is 0.444 e. The highest BCUT2D eigenvalue weighted by molar-refractivity contribution is 7.89. The predicted octanol–water partition coefficient (Wildman–Crippen LogP) is 3.00. The zero-order chi connectivity index (χ0) is 18.2. The van der Waals surface area contributed by atoms with E-state index in [2.05, 4.69) is 9.50 Å². The quantitative estimate of drug-likeness (QED) is 0.760. The van der Waals surface area contributed by atoms with Crippen LogP contribution in [0.1, 0.15) is 33.3 Å². The van der Waals surface area contributed by atoms with Gasteiger partial charge in [0.2, 0.25) is 0 Å². The van der Waals surface area contributed by atoms with Crippen molar-refractivity contribution in [1.82, 2.24) is 5.32 Å². The number of nitrogens with one attached hydrogen (secondary N) is 1. The van der Waals surface area contributed by atoms with Gasteiger partial charge in [0.25, 0.3) is 10.1 Å². The van der Waals surface area contributed by atoms with Gasteiger partial charge in [-0.3, -0.25) is 4.18 Å². The molecule has 0 radical (unpaired) electrons. The normalized spacial score (nSPS) is 13.7. The molecule has 0 saturated heterocycles. The molecule has 0 unspecified atom stereocenters. The molecule has 0 heterocycles. The first-order valence-corrected chi connectivity index (χ1v) is 9.19. The standard InChI is InChI=1S/C17H25NO5S/c1-5-22-24(20,21)12-11-15(13-14-9-7-6-8-10-14)18-16(19)23-17(2,3)4/h6-12,15H,5,13H2,1-4H3,(H,18,19)/b12-11+/t15-/m1/s1. The molecule has 0 aliphatic rings. The van der Waals surface area contributed by atoms with Crippen molar-refractivity contribution in [3.63, 3.8) is 0 Å². The van der Waals surface area contributed by atoms with Crippen LogP contribution in [0.25, 0.3) is 0 Å². The molecular weight excluding hydrogens is 330 g/mol. The second-order valence-corrected chi connectivity index (χ2v) is 7.66. The van der Waals surface area contributed by atoms with Crippen LogP contribution < -0.4 is 5.32 Å². The summed E-state index contributed by atoms with van der Waals surface area (Å²) in [6.45, 7) is 6.91. The Labute approximate surface area is 144 Å². The first kappa shape index (κ1) is 20.2. The summed E-state index contributed by atoms with van der Waals surface area (Å²) in [6, 6.07) is 8.89. The number of amides is 1. The van der Waals surface area contributed by atoms with Crippen LogP contribution >= 0.6 is 0 Å². The predicted molar refractivity (Wildman–Crippen MR) is 93.0 cm³/mol. The van der Waals surface area contributed by atoms with Crippen molar-refractivity contribution in [2.75, 3.05) is 6.61 Å². The van der Waals surface area contributed by atoms with E-state index in [1.54, 1.807) is 27.7 Å². The number of carbonyl (C=O) groups excluding carboxylic acids is 1. The molecule has 0 bridgehead atoms. The molecule has 24 heavy (non-hydrogen) atoms. The lowest BCUT2D eigenvalue weighted by atomic mass is 10.1. The van der Waals surface area contributed by atoms with Crippen molar-refractivity contribution in [2.45, 2.75) is 45.8 Å². The zero-order valence-corrected chi connectivity index (χ0v) is 15.3. The molecule has 1 N–H and O–H groups in total. The van der Waals surface area contributed by atoms with E-state index in [0.717, 1.165) is 11.0 Å². The van der Waals surface area contributed by atoms with E-state index in [1.807, 2.05) is 30.3 Å². The highest BCUT2D eigenvalue weighted by Gasteiger charge is 2.19. The number of benzene rings is 1. The van der Waals surface area contributed by atoms with Crippen LogP contribution in [-0.2, 0) is 25.5 Å². The third kappa shape index (κ3) is 8.69. The maximum Gasteiger partial charge on any atom is 0.408 e. The minimum atomic E-state index is -3.76. The summed E-state index contributed by atoms with van der Waals surface area (Å²) in [4.78, 5) is 12.0. The molecule has 0 aliphatic carbocycles. The van der Waals surface area contributed by atoms with E-state index < -0.39 is 27.9 Å². The molecule has 0 spiro atoms. The Balaban J connectivity index is 2.87. The Bertz CT molecular complexity index is 647. The fraction of sp³-hybridized carbons (Fsp3) is 0.471. The average molecular weight is 355 g/mol. The monoisotopic (exact) mass is 355 g/mol. The summed E-state index contributed by atoms with van der Waals surface area (Å²) in [5.74, 6) is 0. The van der Waals surface area contributed by atoms with E-state index in [4.69, 9.17) is 4.74 Å². The molecule has 0 saturated carbocycles. The van der Waals surface area contributed by atoms with E-state index in [1.165, 1.54) is 6.08 Å². The molecule has 7 heteroatoms. The van der Waals surface area contributed by atoms with Crippen molar-refractivity contribution in [3.05, 3.63) is 47.4 Å². The first-order valence-electron chi connectivity index (χ1n) is 7.72. The lowest BCUT2D eigenvalue weighted by molar-refractivity contribution is 0.0514. The third-order valence-electron chi connectivity index (χ3n) is 2.76. The lowest BCUT2D eigenvalue weighted by Crippen LogP contribution is -2.39. The maximum absolute atomic E-state index is 12.0. The Kier molecular flexibility index (Phi) is 7.44. The first-order chi connectivity index (χ1) is 11.1. The SMILES string of the molecule is CCOS(=O)(=O)/C=C/[C@H](Cc1ccccc1)NC(=O)OC(C)(C)C. The molecule has 1 aromatic carbocycles. The van der Waals surface area contributed by atoms with Gasteiger partial charge in [-0.1, -0.05) is 30.3 Å². The van der Waals surface area contributed by atoms with E-state index >= 15 is 0 Å². The lowest BCUT2D eigenvalue weighted by Gasteiger charge is -2.22. The number of carbonyl (C=O) groups is 1. The van der Waals surface area contributed by atoms with Gasteiger partial charge in [-0.2, -0.15) is 8.42 Å². The summed E-state index contributed by atoms with van der Waals surface area (Å²) < 4.78 is 33.2. The number of hydrogen-bond acceptors (Lipinski definition) is 5. The smallest absolute Gasteiger partial charge is 0.408 e. The van der Waals surface area contributed by atoms with Crippen LogP contribution in [0.15, 0.2) is 41.8 Å². The molecule has 1 atom stereocenters. The van der Waals surface area contributed by atoms with Crippen LogP contribution in [-0.4, -0.2) is 32.8 Å². The number of hydrogen-bond donors (Lipinski definition) is 1. The summed E-state index contributed by atoms with van der Waals surface area (Å²) >= 11 is 0. The topological polar surface area (TPSA) is 81.7 Å². The second kappa shape index (κ2) is 8.84. The van der Waals surface area contributed by atoms with Gasteiger partial charge in [0.15, 0.2) is 0 Å². The van der Waals surface area contributed by atoms with E-state index in [9.17, 15) is 13.2 Å². The van der Waals surface area contributed by atoms with Crippen molar-refractivity contribution >= 4 is 16.2 Å². The molecule has 0 aromatic heterocycles. The Morgan fingerprint density at radius 1 is 1.25 bits per heavy atom. The zero-order valence-electron chi connectivity index (χ0n) is 14.5. The Hall–Kier alpha value is -1.86. The number of ether oxygens (including phenoxy) is 1. The van der Waals surface area contributed by atoms with Crippen molar-refractivity contribution in [1.29, 1.82) is 0 Å². The fourth-order valence-corrected chi connectivity index (χ4v) is 2.68. The van der Waals surface area contributed by atoms with Crippen LogP contribution in [0.4, 0.5) is 4.79 Å². The summed E-state index contributed by atoms with van der Waals surface area (Å²) in [5.41, 5.74) is 0.319. The molecule has 1 rings (SSSR count). The van der Waals surface area contributed by atoms with Gasteiger partial charge in [-0.25, -0.2) is 4.79 Å². The minimum Gasteiger partial charge on any atom is -0.444 e. The van der Waals surface area contributed by atoms with Crippen LogP contribution in [0.2, 0.25) is 0 Å². The molecule has 0 aliphatic heterocycles. The maximum atomic E-state index is 12.0. The average Bonchev–Trinajstić information content (AvgIpc) is 2.44. The number of alkyl carbamates (subject to hydrolysis) is 1. The second-order valence-electron chi connectivity index (χ2n) is 6.17. The molecule has 0 fully saturated rings. The van der Waals surface area contributed by atoms with Crippen molar-refractivity contribution in [2.24, 2.45) is 0 Å². The van der Waals surface area contributed by atoms with Gasteiger partial charge < -0.3 is 10.1 Å². The molecular formula is C17H25NO5S. The van der Waals surface area contributed by atoms with Gasteiger partial charge in [0.05, 0.1) is 18.1 Å². The molecule has 6 nitrogen and oxygen atoms in total. The van der Waals surface area contributed by atoms with Gasteiger partial charge in [0.1, 0.15) is 5.60 Å². The van der Waals surface area contributed by atoms with E-state index in [-0.39, 0.29) is 6.61 Å². The Morgan fingerprint density at radius 3 is 2.42 bits per heavy atom. The summed E-state index contributed by atoms with van der Waals surface area (Å²) in [6.07, 6.45) is 1.21. The van der Waals surface area contributed by atoms with Gasteiger partial charge in [-0.15, -0.1) is 0 Å². The molecule has 1 aromatic rings. The fourth-order valence-electron chi connectivity index (χ4n) is 1.89. The Morgan fingerprint density at radius 2 is 1.88 bits per heavy atom. The van der Waals surface area contributed by atoms with E-state index in [0.29, 0.717) is 6.42 Å². The van der Waals surface area contributed by atoms with Crippen LogP contribution in [0.5, 0.6) is 0 Å². The molecule has 1 amide bonds. The highest BCUT2D eigenvalue weighted by Crippen LogP contribution is 2.09. The van der Waals surface area contributed by atoms with Crippen LogP contribution in [0, 0.1) is 0 Å². The molecule has 134 valence electrons. The van der Waals surface area contributed by atoms with Crippen molar-refractivity contribution < 1.29 is 22.1 Å².